The Labute approximate surface area is 169 Å². The minimum atomic E-state index is -1.30. The Kier molecular flexibility index (Phi) is 4.50. The number of halogens is 1. The molecule has 0 fully saturated rings. The molecule has 0 bridgehead atoms. The number of hydrazone groups is 1. The molecule has 8 heteroatoms. The van der Waals surface area contributed by atoms with Gasteiger partial charge in [0.1, 0.15) is 0 Å². The van der Waals surface area contributed by atoms with Crippen LogP contribution in [0.3, 0.4) is 0 Å². The summed E-state index contributed by atoms with van der Waals surface area (Å²) in [5.74, 6) is -1.91. The van der Waals surface area contributed by atoms with E-state index in [1.54, 1.807) is 24.3 Å². The van der Waals surface area contributed by atoms with Crippen LogP contribution in [0.1, 0.15) is 30.4 Å². The van der Waals surface area contributed by atoms with E-state index in [0.29, 0.717) is 17.0 Å². The molecule has 2 aromatic carbocycles. The first kappa shape index (κ1) is 18.4. The van der Waals surface area contributed by atoms with Crippen molar-refractivity contribution in [1.29, 1.82) is 0 Å². The number of fused-ring (bicyclic) bond motifs is 2. The molecule has 142 valence electrons. The molecule has 1 spiro atoms. The second-order valence-corrected chi connectivity index (χ2v) is 7.61. The molecule has 0 aliphatic carbocycles. The predicted molar refractivity (Wildman–Crippen MR) is 106 cm³/mol. The average molecular weight is 442 g/mol. The number of nitrogens with one attached hydrogen (secondary N) is 1. The minimum Gasteiger partial charge on any atom is -0.481 e. The molecule has 2 aromatic rings. The summed E-state index contributed by atoms with van der Waals surface area (Å²) < 4.78 is 0.905. The van der Waals surface area contributed by atoms with Gasteiger partial charge in [-0.15, -0.1) is 0 Å². The van der Waals surface area contributed by atoms with Crippen molar-refractivity contribution in [2.45, 2.75) is 24.8 Å². The van der Waals surface area contributed by atoms with Crippen molar-refractivity contribution in [2.75, 3.05) is 5.32 Å². The number of amides is 2. The van der Waals surface area contributed by atoms with E-state index in [2.05, 4.69) is 26.3 Å². The maximum atomic E-state index is 13.0. The molecule has 2 amide bonds. The van der Waals surface area contributed by atoms with Crippen LogP contribution >= 0.6 is 15.9 Å². The van der Waals surface area contributed by atoms with E-state index in [9.17, 15) is 14.4 Å². The fourth-order valence-corrected chi connectivity index (χ4v) is 3.90. The van der Waals surface area contributed by atoms with E-state index in [0.717, 1.165) is 10.0 Å². The third kappa shape index (κ3) is 2.90. The summed E-state index contributed by atoms with van der Waals surface area (Å²) in [5, 5.41) is 17.4. The zero-order chi connectivity index (χ0) is 19.9. The number of aliphatic carboxylic acids is 1. The number of benzene rings is 2. The summed E-state index contributed by atoms with van der Waals surface area (Å²) >= 11 is 3.39. The van der Waals surface area contributed by atoms with Crippen LogP contribution < -0.4 is 5.32 Å². The maximum Gasteiger partial charge on any atom is 0.303 e. The third-order valence-corrected chi connectivity index (χ3v) is 5.50. The Morgan fingerprint density at radius 3 is 2.57 bits per heavy atom. The van der Waals surface area contributed by atoms with Gasteiger partial charge in [0, 0.05) is 28.6 Å². The quantitative estimate of drug-likeness (QED) is 0.760. The lowest BCUT2D eigenvalue weighted by Gasteiger charge is -2.30. The van der Waals surface area contributed by atoms with Gasteiger partial charge in [0.2, 0.25) is 5.91 Å². The molecule has 4 rings (SSSR count). The van der Waals surface area contributed by atoms with Crippen LogP contribution in [0.25, 0.3) is 0 Å². The number of para-hydroxylation sites is 1. The van der Waals surface area contributed by atoms with Crippen molar-refractivity contribution in [3.8, 4) is 0 Å². The molecule has 0 saturated heterocycles. The lowest BCUT2D eigenvalue weighted by atomic mass is 9.85. The lowest BCUT2D eigenvalue weighted by Crippen LogP contribution is -2.48. The van der Waals surface area contributed by atoms with Gasteiger partial charge < -0.3 is 10.4 Å². The zero-order valence-corrected chi connectivity index (χ0v) is 16.3. The topological polar surface area (TPSA) is 99.1 Å². The molecule has 2 N–H and O–H groups in total. The molecule has 0 aromatic heterocycles. The first-order valence-corrected chi connectivity index (χ1v) is 9.50. The molecule has 0 radical (unpaired) electrons. The van der Waals surface area contributed by atoms with Gasteiger partial charge in [-0.1, -0.05) is 46.3 Å². The van der Waals surface area contributed by atoms with Gasteiger partial charge in [0.15, 0.2) is 5.54 Å². The fourth-order valence-electron chi connectivity index (χ4n) is 3.64. The van der Waals surface area contributed by atoms with Gasteiger partial charge in [-0.05, 0) is 23.8 Å². The number of carbonyl (C=O) groups is 3. The van der Waals surface area contributed by atoms with E-state index in [4.69, 9.17) is 5.11 Å². The summed E-state index contributed by atoms with van der Waals surface area (Å²) in [6, 6.07) is 14.6. The minimum absolute atomic E-state index is 0.219. The number of anilines is 1. The lowest BCUT2D eigenvalue weighted by molar-refractivity contribution is -0.146. The van der Waals surface area contributed by atoms with Crippen LogP contribution in [0.15, 0.2) is 58.1 Å². The smallest absolute Gasteiger partial charge is 0.303 e. The number of carboxylic acid groups (broad SMARTS) is 1. The van der Waals surface area contributed by atoms with Crippen LogP contribution in [-0.2, 0) is 19.9 Å². The number of hydrogen-bond acceptors (Lipinski definition) is 4. The Bertz CT molecular complexity index is 1020. The summed E-state index contributed by atoms with van der Waals surface area (Å²) in [6.45, 7) is 0. The van der Waals surface area contributed by atoms with Gasteiger partial charge in [0.25, 0.3) is 5.91 Å². The number of hydrogen-bond donors (Lipinski definition) is 2. The third-order valence-electron chi connectivity index (χ3n) is 4.97. The van der Waals surface area contributed by atoms with Crippen molar-refractivity contribution in [3.05, 3.63) is 64.1 Å². The standard InChI is InChI=1S/C20H16BrN3O4/c21-13-7-5-12(6-8-13)16-11-20(24(23-16)17(25)9-10-18(26)27)14-3-1-2-4-15(14)22-19(20)28/h1-8H,9-11H2,(H,22,28)(H,26,27)/t20-/m1/s1. The molecule has 7 nitrogen and oxygen atoms in total. The molecule has 2 aliphatic heterocycles. The highest BCUT2D eigenvalue weighted by Crippen LogP contribution is 2.47. The molecule has 2 heterocycles. The summed E-state index contributed by atoms with van der Waals surface area (Å²) in [7, 11) is 0. The van der Waals surface area contributed by atoms with E-state index in [1.165, 1.54) is 5.01 Å². The van der Waals surface area contributed by atoms with Crippen molar-refractivity contribution >= 4 is 45.1 Å². The van der Waals surface area contributed by atoms with Crippen LogP contribution in [0.2, 0.25) is 0 Å². The first-order valence-electron chi connectivity index (χ1n) is 8.71. The van der Waals surface area contributed by atoms with Gasteiger partial charge in [0.05, 0.1) is 12.1 Å². The van der Waals surface area contributed by atoms with Crippen LogP contribution in [0, 0.1) is 0 Å². The Hall–Kier alpha value is -3.00. The van der Waals surface area contributed by atoms with Crippen molar-refractivity contribution in [2.24, 2.45) is 5.10 Å². The van der Waals surface area contributed by atoms with Crippen molar-refractivity contribution < 1.29 is 19.5 Å². The molecule has 0 unspecified atom stereocenters. The van der Waals surface area contributed by atoms with Gasteiger partial charge in [-0.2, -0.15) is 5.10 Å². The highest BCUT2D eigenvalue weighted by Gasteiger charge is 2.57. The van der Waals surface area contributed by atoms with E-state index < -0.39 is 17.4 Å². The SMILES string of the molecule is O=C(O)CCC(=O)N1N=C(c2ccc(Br)cc2)C[C@@]12C(=O)Nc1ccccc12. The molecular weight excluding hydrogens is 426 g/mol. The number of rotatable bonds is 4. The Morgan fingerprint density at radius 1 is 1.14 bits per heavy atom. The van der Waals surface area contributed by atoms with Crippen molar-refractivity contribution in [3.63, 3.8) is 0 Å². The van der Waals surface area contributed by atoms with Crippen LogP contribution in [0.5, 0.6) is 0 Å². The van der Waals surface area contributed by atoms with E-state index in [1.807, 2.05) is 24.3 Å². The van der Waals surface area contributed by atoms with E-state index >= 15 is 0 Å². The molecule has 28 heavy (non-hydrogen) atoms. The normalized spacial score (nSPS) is 20.1. The van der Waals surface area contributed by atoms with Gasteiger partial charge in [-0.25, -0.2) is 5.01 Å². The number of carboxylic acids is 1. The average Bonchev–Trinajstić information content (AvgIpc) is 3.21. The maximum absolute atomic E-state index is 13.0. The Balaban J connectivity index is 1.79. The second kappa shape index (κ2) is 6.87. The summed E-state index contributed by atoms with van der Waals surface area (Å²) in [4.78, 5) is 36.8. The predicted octanol–water partition coefficient (Wildman–Crippen LogP) is 3.10. The van der Waals surface area contributed by atoms with Crippen LogP contribution in [0.4, 0.5) is 5.69 Å². The van der Waals surface area contributed by atoms with Gasteiger partial charge >= 0.3 is 5.97 Å². The van der Waals surface area contributed by atoms with Crippen molar-refractivity contribution in [1.82, 2.24) is 5.01 Å². The summed E-state index contributed by atoms with van der Waals surface area (Å²) in [6.07, 6.45) is -0.336. The van der Waals surface area contributed by atoms with Gasteiger partial charge in [-0.3, -0.25) is 14.4 Å². The molecule has 1 atom stereocenters. The fraction of sp³-hybridized carbons (Fsp3) is 0.200. The molecule has 2 aliphatic rings. The van der Waals surface area contributed by atoms with Crippen LogP contribution in [-0.4, -0.2) is 33.6 Å². The largest absolute Gasteiger partial charge is 0.481 e. The molecular formula is C20H16BrN3O4. The highest BCUT2D eigenvalue weighted by atomic mass is 79.9. The Morgan fingerprint density at radius 2 is 1.86 bits per heavy atom. The first-order chi connectivity index (χ1) is 13.4. The molecule has 0 saturated carbocycles. The van der Waals surface area contributed by atoms with E-state index in [-0.39, 0.29) is 25.2 Å². The summed E-state index contributed by atoms with van der Waals surface area (Å²) in [5.41, 5.74) is 1.40. The second-order valence-electron chi connectivity index (χ2n) is 6.69. The highest BCUT2D eigenvalue weighted by molar-refractivity contribution is 9.10. The number of carbonyl (C=O) groups excluding carboxylic acids is 2. The zero-order valence-electron chi connectivity index (χ0n) is 14.7. The monoisotopic (exact) mass is 441 g/mol. The number of nitrogens with zero attached hydrogens (tertiary/aromatic N) is 2.